The van der Waals surface area contributed by atoms with Crippen molar-refractivity contribution in [2.24, 2.45) is 5.92 Å². The Labute approximate surface area is 179 Å². The first kappa shape index (κ1) is 21.4. The van der Waals surface area contributed by atoms with Gasteiger partial charge in [0, 0.05) is 36.0 Å². The highest BCUT2D eigenvalue weighted by atomic mass is 19.1. The lowest BCUT2D eigenvalue weighted by Gasteiger charge is -2.30. The first-order chi connectivity index (χ1) is 15.1. The Bertz CT molecular complexity index is 1040. The molecule has 1 saturated carbocycles. The smallest absolute Gasteiger partial charge is 0.228 e. The molecule has 1 aromatic carbocycles. The number of amides is 1. The summed E-state index contributed by atoms with van der Waals surface area (Å²) in [6.07, 6.45) is 6.22. The molecule has 1 fully saturated rings. The number of pyridine rings is 1. The summed E-state index contributed by atoms with van der Waals surface area (Å²) in [6, 6.07) is 7.04. The van der Waals surface area contributed by atoms with Crippen LogP contribution in [0, 0.1) is 12.8 Å². The van der Waals surface area contributed by atoms with Gasteiger partial charge in [0.2, 0.25) is 5.91 Å². The van der Waals surface area contributed by atoms with Crippen LogP contribution in [-0.4, -0.2) is 41.3 Å². The van der Waals surface area contributed by atoms with Crippen LogP contribution in [0.4, 0.5) is 14.6 Å². The molecule has 1 amide bonds. The van der Waals surface area contributed by atoms with Gasteiger partial charge in [-0.15, -0.1) is 0 Å². The number of hydrogen-bond donors (Lipinski definition) is 2. The highest BCUT2D eigenvalue weighted by molar-refractivity contribution is 5.94. The van der Waals surface area contributed by atoms with E-state index >= 15 is 0 Å². The molecule has 2 N–H and O–H groups in total. The van der Waals surface area contributed by atoms with E-state index in [4.69, 9.17) is 4.42 Å². The topological polar surface area (TPSA) is 80.0 Å². The zero-order chi connectivity index (χ0) is 21.8. The van der Waals surface area contributed by atoms with E-state index in [2.05, 4.69) is 20.6 Å². The predicted molar refractivity (Wildman–Crippen MR) is 115 cm³/mol. The molecule has 0 atom stereocenters. The van der Waals surface area contributed by atoms with E-state index in [0.29, 0.717) is 30.3 Å². The summed E-state index contributed by atoms with van der Waals surface area (Å²) in [6.45, 7) is 0.358. The molecule has 0 saturated heterocycles. The molecular weight excluding hydrogens is 402 g/mol. The van der Waals surface area contributed by atoms with E-state index in [1.54, 1.807) is 19.3 Å². The van der Waals surface area contributed by atoms with Crippen molar-refractivity contribution in [2.75, 3.05) is 18.7 Å². The molecule has 8 heteroatoms. The van der Waals surface area contributed by atoms with E-state index in [0.717, 1.165) is 29.2 Å². The van der Waals surface area contributed by atoms with Crippen LogP contribution in [0.25, 0.3) is 22.1 Å². The van der Waals surface area contributed by atoms with Gasteiger partial charge in [-0.2, -0.15) is 0 Å². The van der Waals surface area contributed by atoms with E-state index < -0.39 is 19.4 Å². The van der Waals surface area contributed by atoms with Gasteiger partial charge in [-0.25, -0.2) is 18.7 Å². The quantitative estimate of drug-likeness (QED) is 0.575. The normalized spacial score (nSPS) is 19.1. The van der Waals surface area contributed by atoms with Gasteiger partial charge in [0.05, 0.1) is 12.2 Å². The lowest BCUT2D eigenvalue weighted by molar-refractivity contribution is -0.120. The van der Waals surface area contributed by atoms with E-state index in [9.17, 15) is 13.6 Å². The van der Waals surface area contributed by atoms with Crippen LogP contribution in [-0.2, 0) is 4.79 Å². The fourth-order valence-corrected chi connectivity index (χ4v) is 4.07. The van der Waals surface area contributed by atoms with Gasteiger partial charge in [0.15, 0.2) is 11.7 Å². The van der Waals surface area contributed by atoms with Crippen LogP contribution in [0.1, 0.15) is 31.6 Å². The molecule has 0 bridgehead atoms. The highest BCUT2D eigenvalue weighted by Crippen LogP contribution is 2.28. The minimum absolute atomic E-state index is 0.0532. The number of anilines is 1. The Balaban J connectivity index is 1.39. The lowest BCUT2D eigenvalue weighted by Crippen LogP contribution is -2.44. The van der Waals surface area contributed by atoms with Crippen LogP contribution >= 0.6 is 0 Å². The zero-order valence-corrected chi connectivity index (χ0v) is 17.4. The van der Waals surface area contributed by atoms with Gasteiger partial charge >= 0.3 is 0 Å². The van der Waals surface area contributed by atoms with Crippen LogP contribution < -0.4 is 10.6 Å². The Kier molecular flexibility index (Phi) is 6.56. The zero-order valence-electron chi connectivity index (χ0n) is 17.4. The van der Waals surface area contributed by atoms with Gasteiger partial charge < -0.3 is 15.1 Å². The standard InChI is InChI=1S/C23H26F2N4O2/c1-14-26-13-21(31-14)16-2-3-17-12-27-22(9-18(17)8-16)29-23(30)15-4-6-19(7-5-15)28-20(10-24)11-25/h2-3,8-9,12-13,15,19-20,28H,4-7,10-11H2,1H3,(H,27,29,30)/t15-,19-. The molecule has 31 heavy (non-hydrogen) atoms. The molecular formula is C23H26F2N4O2. The molecule has 164 valence electrons. The summed E-state index contributed by atoms with van der Waals surface area (Å²) in [5.74, 6) is 1.59. The second-order valence-electron chi connectivity index (χ2n) is 8.08. The number of aryl methyl sites for hydroxylation is 1. The number of carbonyl (C=O) groups is 1. The molecule has 3 aromatic rings. The second kappa shape index (κ2) is 9.51. The largest absolute Gasteiger partial charge is 0.441 e. The number of hydrogen-bond acceptors (Lipinski definition) is 5. The number of nitrogens with one attached hydrogen (secondary N) is 2. The van der Waals surface area contributed by atoms with Crippen molar-refractivity contribution in [3.8, 4) is 11.3 Å². The van der Waals surface area contributed by atoms with Gasteiger partial charge in [0.1, 0.15) is 19.2 Å². The van der Waals surface area contributed by atoms with Gasteiger partial charge in [-0.05, 0) is 43.2 Å². The van der Waals surface area contributed by atoms with Crippen molar-refractivity contribution < 1.29 is 18.0 Å². The SMILES string of the molecule is Cc1ncc(-c2ccc3cnc(NC(=O)[C@H]4CC[C@H](NC(CF)CF)CC4)cc3c2)o1. The first-order valence-corrected chi connectivity index (χ1v) is 10.6. The number of alkyl halides is 2. The number of oxazole rings is 1. The number of rotatable bonds is 7. The third-order valence-electron chi connectivity index (χ3n) is 5.82. The maximum Gasteiger partial charge on any atom is 0.228 e. The maximum atomic E-state index is 12.7. The molecule has 0 unspecified atom stereocenters. The van der Waals surface area contributed by atoms with Crippen LogP contribution in [0.15, 0.2) is 41.1 Å². The average molecular weight is 428 g/mol. The number of nitrogens with zero attached hydrogens (tertiary/aromatic N) is 2. The molecule has 4 rings (SSSR count). The van der Waals surface area contributed by atoms with Crippen molar-refractivity contribution in [2.45, 2.75) is 44.7 Å². The molecule has 6 nitrogen and oxygen atoms in total. The summed E-state index contributed by atoms with van der Waals surface area (Å²) >= 11 is 0. The molecule has 0 radical (unpaired) electrons. The summed E-state index contributed by atoms with van der Waals surface area (Å²) in [5.41, 5.74) is 0.905. The average Bonchev–Trinajstić information content (AvgIpc) is 3.23. The summed E-state index contributed by atoms with van der Waals surface area (Å²) < 4.78 is 31.0. The third kappa shape index (κ3) is 5.07. The maximum absolute atomic E-state index is 12.7. The molecule has 0 spiro atoms. The van der Waals surface area contributed by atoms with E-state index in [1.807, 2.05) is 24.3 Å². The molecule has 1 aliphatic carbocycles. The second-order valence-corrected chi connectivity index (χ2v) is 8.08. The number of benzene rings is 1. The number of aromatic nitrogens is 2. The van der Waals surface area contributed by atoms with Gasteiger partial charge in [-0.3, -0.25) is 4.79 Å². The van der Waals surface area contributed by atoms with Gasteiger partial charge in [-0.1, -0.05) is 12.1 Å². The molecule has 0 aliphatic heterocycles. The Hall–Kier alpha value is -2.87. The minimum atomic E-state index is -0.747. The van der Waals surface area contributed by atoms with Crippen LogP contribution in [0.3, 0.4) is 0 Å². The van der Waals surface area contributed by atoms with Crippen molar-refractivity contribution >= 4 is 22.5 Å². The monoisotopic (exact) mass is 428 g/mol. The minimum Gasteiger partial charge on any atom is -0.441 e. The Morgan fingerprint density at radius 2 is 1.87 bits per heavy atom. The summed E-state index contributed by atoms with van der Waals surface area (Å²) in [4.78, 5) is 21.2. The van der Waals surface area contributed by atoms with Crippen molar-refractivity contribution in [1.82, 2.24) is 15.3 Å². The lowest BCUT2D eigenvalue weighted by atomic mass is 9.85. The summed E-state index contributed by atoms with van der Waals surface area (Å²) in [7, 11) is 0. The predicted octanol–water partition coefficient (Wildman–Crippen LogP) is 4.59. The number of fused-ring (bicyclic) bond motifs is 1. The fraction of sp³-hybridized carbons (Fsp3) is 0.435. The molecule has 2 aromatic heterocycles. The van der Waals surface area contributed by atoms with Gasteiger partial charge in [0.25, 0.3) is 0 Å². The molecule has 2 heterocycles. The highest BCUT2D eigenvalue weighted by Gasteiger charge is 2.27. The van der Waals surface area contributed by atoms with Crippen molar-refractivity contribution in [3.05, 3.63) is 42.5 Å². The van der Waals surface area contributed by atoms with Crippen LogP contribution in [0.2, 0.25) is 0 Å². The van der Waals surface area contributed by atoms with Crippen LogP contribution in [0.5, 0.6) is 0 Å². The van der Waals surface area contributed by atoms with E-state index in [-0.39, 0.29) is 17.9 Å². The Morgan fingerprint density at radius 1 is 1.10 bits per heavy atom. The van der Waals surface area contributed by atoms with Crippen molar-refractivity contribution in [3.63, 3.8) is 0 Å². The Morgan fingerprint density at radius 3 is 2.55 bits per heavy atom. The molecule has 1 aliphatic rings. The fourth-order valence-electron chi connectivity index (χ4n) is 4.07. The van der Waals surface area contributed by atoms with E-state index in [1.165, 1.54) is 0 Å². The number of halogens is 2. The number of carbonyl (C=O) groups excluding carboxylic acids is 1. The third-order valence-corrected chi connectivity index (χ3v) is 5.82. The summed E-state index contributed by atoms with van der Waals surface area (Å²) in [5, 5.41) is 7.81. The van der Waals surface area contributed by atoms with Crippen molar-refractivity contribution in [1.29, 1.82) is 0 Å². The first-order valence-electron chi connectivity index (χ1n) is 10.6.